The summed E-state index contributed by atoms with van der Waals surface area (Å²) < 4.78 is 46.0. The molecule has 2 unspecified atom stereocenters. The van der Waals surface area contributed by atoms with Crippen LogP contribution in [0.25, 0.3) is 5.65 Å². The number of hydrogen-bond donors (Lipinski definition) is 2. The van der Waals surface area contributed by atoms with Gasteiger partial charge in [0.1, 0.15) is 16.9 Å². The largest absolute Gasteiger partial charge is 0.484 e. The number of likely N-dealkylation sites (tertiary alicyclic amines) is 1. The minimum absolute atomic E-state index is 0.0738. The number of halogens is 3. The summed E-state index contributed by atoms with van der Waals surface area (Å²) in [4.78, 5) is 20.9. The lowest BCUT2D eigenvalue weighted by atomic mass is 9.84. The molecule has 2 saturated heterocycles. The van der Waals surface area contributed by atoms with E-state index in [4.69, 9.17) is 4.74 Å². The zero-order valence-electron chi connectivity index (χ0n) is 18.8. The number of aromatic nitrogens is 3. The van der Waals surface area contributed by atoms with E-state index in [9.17, 15) is 23.1 Å². The molecule has 3 aliphatic rings. The Labute approximate surface area is 198 Å². The zero-order valence-corrected chi connectivity index (χ0v) is 18.8. The molecule has 2 N–H and O–H groups in total. The molecular formula is C23H23F3N6O3. The third-order valence-corrected chi connectivity index (χ3v) is 7.02. The summed E-state index contributed by atoms with van der Waals surface area (Å²) in [5.41, 5.74) is 1.98. The maximum Gasteiger partial charge on any atom is 0.401 e. The van der Waals surface area contributed by atoms with Gasteiger partial charge in [0, 0.05) is 49.6 Å². The standard InChI is InChI=1S/C23H23F3N6O3/c1-22(12-33)7-13-5-15(29-21(34)14-8-28-32-4-2-3-27-20(14)32)16(6-19(13)35-22)31-10-17-18(31)9-30(17)11-23(24,25)26/h2-6,8,17-18,33H,7,9-12H2,1H3,(H,29,34)/t17?,18?,22-/m0/s1. The number of rotatable bonds is 5. The molecule has 2 fully saturated rings. The van der Waals surface area contributed by atoms with Crippen molar-refractivity contribution in [2.24, 2.45) is 0 Å². The van der Waals surface area contributed by atoms with E-state index >= 15 is 0 Å². The minimum atomic E-state index is -4.23. The van der Waals surface area contributed by atoms with E-state index in [1.165, 1.54) is 15.6 Å². The second-order valence-corrected chi connectivity index (χ2v) is 9.60. The fourth-order valence-corrected chi connectivity index (χ4v) is 5.19. The smallest absolute Gasteiger partial charge is 0.401 e. The van der Waals surface area contributed by atoms with Crippen molar-refractivity contribution in [3.63, 3.8) is 0 Å². The van der Waals surface area contributed by atoms with Gasteiger partial charge >= 0.3 is 6.18 Å². The maximum absolute atomic E-state index is 13.2. The van der Waals surface area contributed by atoms with Gasteiger partial charge in [0.05, 0.1) is 36.8 Å². The van der Waals surface area contributed by atoms with Crippen molar-refractivity contribution in [3.8, 4) is 5.75 Å². The molecule has 3 atom stereocenters. The number of carbonyl (C=O) groups is 1. The third kappa shape index (κ3) is 3.67. The van der Waals surface area contributed by atoms with Crippen LogP contribution >= 0.6 is 0 Å². The Morgan fingerprint density at radius 2 is 2.14 bits per heavy atom. The van der Waals surface area contributed by atoms with E-state index in [1.54, 1.807) is 25.4 Å². The van der Waals surface area contributed by atoms with Gasteiger partial charge in [-0.2, -0.15) is 18.3 Å². The Bertz CT molecular complexity index is 1330. The predicted octanol–water partition coefficient (Wildman–Crippen LogP) is 2.10. The van der Waals surface area contributed by atoms with Crippen LogP contribution in [0.3, 0.4) is 0 Å². The molecule has 35 heavy (non-hydrogen) atoms. The number of piperazine rings is 1. The van der Waals surface area contributed by atoms with Gasteiger partial charge in [-0.1, -0.05) is 0 Å². The van der Waals surface area contributed by atoms with Crippen LogP contribution in [0.2, 0.25) is 0 Å². The molecular weight excluding hydrogens is 465 g/mol. The number of amides is 1. The first-order chi connectivity index (χ1) is 16.6. The summed E-state index contributed by atoms with van der Waals surface area (Å²) in [6, 6.07) is 5.08. The Morgan fingerprint density at radius 1 is 1.31 bits per heavy atom. The summed E-state index contributed by atoms with van der Waals surface area (Å²) in [7, 11) is 0. The van der Waals surface area contributed by atoms with Gasteiger partial charge < -0.3 is 20.1 Å². The summed E-state index contributed by atoms with van der Waals surface area (Å²) in [6.07, 6.45) is 0.938. The number of ether oxygens (including phenoxy) is 1. The SMILES string of the molecule is C[C@@]1(CO)Cc2cc(NC(=O)c3cnn4cccnc34)c(N3CC4C3CN4CC(F)(F)F)cc2O1. The van der Waals surface area contributed by atoms with Crippen molar-refractivity contribution in [1.82, 2.24) is 19.5 Å². The van der Waals surface area contributed by atoms with E-state index in [-0.39, 0.29) is 18.7 Å². The van der Waals surface area contributed by atoms with Crippen molar-refractivity contribution in [2.45, 2.75) is 37.2 Å². The average molecular weight is 488 g/mol. The van der Waals surface area contributed by atoms with Crippen molar-refractivity contribution in [3.05, 3.63) is 47.9 Å². The number of benzene rings is 1. The molecule has 0 bridgehead atoms. The molecule has 2 aromatic heterocycles. The van der Waals surface area contributed by atoms with Gasteiger partial charge in [-0.15, -0.1) is 0 Å². The van der Waals surface area contributed by atoms with Crippen LogP contribution in [-0.2, 0) is 6.42 Å². The average Bonchev–Trinajstić information content (AvgIpc) is 3.36. The molecule has 6 rings (SSSR count). The van der Waals surface area contributed by atoms with Gasteiger partial charge in [-0.05, 0) is 19.1 Å². The molecule has 0 saturated carbocycles. The first kappa shape index (κ1) is 22.1. The second kappa shape index (κ2) is 7.56. The number of hydrogen-bond acceptors (Lipinski definition) is 7. The molecule has 3 aliphatic heterocycles. The maximum atomic E-state index is 13.2. The highest BCUT2D eigenvalue weighted by atomic mass is 19.4. The Morgan fingerprint density at radius 3 is 2.86 bits per heavy atom. The molecule has 12 heteroatoms. The first-order valence-corrected chi connectivity index (χ1v) is 11.3. The van der Waals surface area contributed by atoms with Gasteiger partial charge in [0.15, 0.2) is 5.65 Å². The third-order valence-electron chi connectivity index (χ3n) is 7.02. The highest BCUT2D eigenvalue weighted by Gasteiger charge is 2.54. The number of carbonyl (C=O) groups excluding carboxylic acids is 1. The van der Waals surface area contributed by atoms with E-state index in [2.05, 4.69) is 15.4 Å². The number of anilines is 2. The number of alkyl halides is 3. The van der Waals surface area contributed by atoms with Gasteiger partial charge in [0.2, 0.25) is 0 Å². The molecule has 1 amide bonds. The lowest BCUT2D eigenvalue weighted by molar-refractivity contribution is -0.170. The molecule has 184 valence electrons. The van der Waals surface area contributed by atoms with Crippen LogP contribution in [0, 0.1) is 0 Å². The van der Waals surface area contributed by atoms with Crippen molar-refractivity contribution >= 4 is 22.9 Å². The first-order valence-electron chi connectivity index (χ1n) is 11.3. The van der Waals surface area contributed by atoms with Crippen molar-refractivity contribution in [1.29, 1.82) is 0 Å². The van der Waals surface area contributed by atoms with Crippen LogP contribution in [-0.4, -0.2) is 80.6 Å². The fourth-order valence-electron chi connectivity index (χ4n) is 5.19. The predicted molar refractivity (Wildman–Crippen MR) is 120 cm³/mol. The molecule has 1 aromatic carbocycles. The molecule has 9 nitrogen and oxygen atoms in total. The number of nitrogens with one attached hydrogen (secondary N) is 1. The fraction of sp³-hybridized carbons (Fsp3) is 0.435. The highest BCUT2D eigenvalue weighted by Crippen LogP contribution is 2.46. The number of aliphatic hydroxyl groups is 1. The van der Waals surface area contributed by atoms with Crippen LogP contribution in [0.5, 0.6) is 5.75 Å². The van der Waals surface area contributed by atoms with Crippen LogP contribution < -0.4 is 15.0 Å². The van der Waals surface area contributed by atoms with Gasteiger partial charge in [0.25, 0.3) is 5.91 Å². The van der Waals surface area contributed by atoms with E-state index in [1.807, 2.05) is 17.0 Å². The normalized spacial score (nSPS) is 25.5. The van der Waals surface area contributed by atoms with Crippen molar-refractivity contribution < 1.29 is 27.8 Å². The highest BCUT2D eigenvalue weighted by molar-refractivity contribution is 6.09. The van der Waals surface area contributed by atoms with E-state index in [0.717, 1.165) is 5.56 Å². The van der Waals surface area contributed by atoms with E-state index < -0.39 is 24.2 Å². The molecule has 0 spiro atoms. The lowest BCUT2D eigenvalue weighted by Gasteiger charge is -2.63. The second-order valence-electron chi connectivity index (χ2n) is 9.60. The van der Waals surface area contributed by atoms with Crippen LogP contribution in [0.15, 0.2) is 36.8 Å². The molecule has 5 heterocycles. The molecule has 3 aromatic rings. The van der Waals surface area contributed by atoms with Crippen LogP contribution in [0.1, 0.15) is 22.8 Å². The number of fused-ring (bicyclic) bond motifs is 3. The summed E-state index contributed by atoms with van der Waals surface area (Å²) in [6.45, 7) is 1.42. The van der Waals surface area contributed by atoms with Crippen molar-refractivity contribution in [2.75, 3.05) is 36.5 Å². The Hall–Kier alpha value is -3.38. The quantitative estimate of drug-likeness (QED) is 0.568. The minimum Gasteiger partial charge on any atom is -0.484 e. The summed E-state index contributed by atoms with van der Waals surface area (Å²) in [5, 5.41) is 16.9. The topological polar surface area (TPSA) is 95.2 Å². The Kier molecular flexibility index (Phi) is 4.77. The molecule has 0 radical (unpaired) electrons. The zero-order chi connectivity index (χ0) is 24.5. The summed E-state index contributed by atoms with van der Waals surface area (Å²) >= 11 is 0. The Balaban J connectivity index is 1.30. The molecule has 0 aliphatic carbocycles. The van der Waals surface area contributed by atoms with E-state index in [0.29, 0.717) is 47.8 Å². The monoisotopic (exact) mass is 488 g/mol. The summed E-state index contributed by atoms with van der Waals surface area (Å²) in [5.74, 6) is 0.204. The number of aliphatic hydroxyl groups excluding tert-OH is 1. The lowest BCUT2D eigenvalue weighted by Crippen LogP contribution is -2.79. The van der Waals surface area contributed by atoms with Crippen LogP contribution in [0.4, 0.5) is 24.5 Å². The number of nitrogens with zero attached hydrogens (tertiary/aromatic N) is 5. The van der Waals surface area contributed by atoms with Gasteiger partial charge in [-0.3, -0.25) is 9.69 Å². The van der Waals surface area contributed by atoms with Gasteiger partial charge in [-0.25, -0.2) is 9.50 Å².